The highest BCUT2D eigenvalue weighted by Gasteiger charge is 2.29. The summed E-state index contributed by atoms with van der Waals surface area (Å²) >= 11 is 3.42. The van der Waals surface area contributed by atoms with Crippen LogP contribution in [0.3, 0.4) is 0 Å². The molecule has 0 aliphatic heterocycles. The number of nitrogens with two attached hydrogens (primary N) is 1. The van der Waals surface area contributed by atoms with Gasteiger partial charge in [-0.3, -0.25) is 4.79 Å². The SMILES string of the molecule is CC(C)(C(=O)NCCCN)c1cccc(Br)c1. The third-order valence-corrected chi connectivity index (χ3v) is 3.27. The fourth-order valence-corrected chi connectivity index (χ4v) is 1.93. The first kappa shape index (κ1) is 14.2. The lowest BCUT2D eigenvalue weighted by atomic mass is 9.84. The Morgan fingerprint density at radius 3 is 2.76 bits per heavy atom. The number of carbonyl (C=O) groups is 1. The van der Waals surface area contributed by atoms with Crippen LogP contribution in [0.2, 0.25) is 0 Å². The predicted molar refractivity (Wildman–Crippen MR) is 73.8 cm³/mol. The molecule has 0 spiro atoms. The van der Waals surface area contributed by atoms with E-state index in [1.807, 2.05) is 38.1 Å². The van der Waals surface area contributed by atoms with E-state index in [9.17, 15) is 4.79 Å². The lowest BCUT2D eigenvalue weighted by Gasteiger charge is -2.24. The van der Waals surface area contributed by atoms with Crippen molar-refractivity contribution in [2.45, 2.75) is 25.7 Å². The first-order valence-corrected chi connectivity index (χ1v) is 6.52. The average Bonchev–Trinajstić information content (AvgIpc) is 2.29. The number of amides is 1. The Bertz CT molecular complexity index is 391. The quantitative estimate of drug-likeness (QED) is 0.819. The summed E-state index contributed by atoms with van der Waals surface area (Å²) in [7, 11) is 0. The van der Waals surface area contributed by atoms with Crippen LogP contribution in [0.4, 0.5) is 0 Å². The number of halogens is 1. The molecule has 4 heteroatoms. The second-order valence-electron chi connectivity index (χ2n) is 4.53. The summed E-state index contributed by atoms with van der Waals surface area (Å²) in [5.74, 6) is 0.0315. The molecule has 1 amide bonds. The maximum Gasteiger partial charge on any atom is 0.230 e. The topological polar surface area (TPSA) is 55.1 Å². The summed E-state index contributed by atoms with van der Waals surface area (Å²) in [5.41, 5.74) is 5.87. The number of hydrogen-bond acceptors (Lipinski definition) is 2. The lowest BCUT2D eigenvalue weighted by Crippen LogP contribution is -2.40. The highest BCUT2D eigenvalue weighted by atomic mass is 79.9. The van der Waals surface area contributed by atoms with E-state index in [4.69, 9.17) is 5.73 Å². The zero-order chi connectivity index (χ0) is 12.9. The van der Waals surface area contributed by atoms with Crippen molar-refractivity contribution in [2.24, 2.45) is 5.73 Å². The van der Waals surface area contributed by atoms with E-state index >= 15 is 0 Å². The maximum atomic E-state index is 12.1. The van der Waals surface area contributed by atoms with Crippen LogP contribution in [0.25, 0.3) is 0 Å². The molecule has 0 saturated carbocycles. The molecule has 1 rings (SSSR count). The molecule has 3 nitrogen and oxygen atoms in total. The van der Waals surface area contributed by atoms with E-state index in [2.05, 4.69) is 21.2 Å². The van der Waals surface area contributed by atoms with Crippen molar-refractivity contribution >= 4 is 21.8 Å². The molecule has 1 aromatic rings. The van der Waals surface area contributed by atoms with E-state index < -0.39 is 5.41 Å². The molecule has 0 radical (unpaired) electrons. The van der Waals surface area contributed by atoms with E-state index in [1.54, 1.807) is 0 Å². The third-order valence-electron chi connectivity index (χ3n) is 2.78. The van der Waals surface area contributed by atoms with Gasteiger partial charge in [-0.05, 0) is 44.5 Å². The van der Waals surface area contributed by atoms with Gasteiger partial charge in [0.1, 0.15) is 0 Å². The van der Waals surface area contributed by atoms with Gasteiger partial charge in [-0.2, -0.15) is 0 Å². The molecule has 0 aromatic heterocycles. The van der Waals surface area contributed by atoms with Gasteiger partial charge < -0.3 is 11.1 Å². The molecule has 1 aromatic carbocycles. The monoisotopic (exact) mass is 298 g/mol. The highest BCUT2D eigenvalue weighted by molar-refractivity contribution is 9.10. The van der Waals surface area contributed by atoms with Gasteiger partial charge in [-0.1, -0.05) is 28.1 Å². The van der Waals surface area contributed by atoms with Crippen molar-refractivity contribution in [1.82, 2.24) is 5.32 Å². The van der Waals surface area contributed by atoms with Gasteiger partial charge >= 0.3 is 0 Å². The Morgan fingerprint density at radius 1 is 1.47 bits per heavy atom. The number of hydrogen-bond donors (Lipinski definition) is 2. The van der Waals surface area contributed by atoms with Crippen molar-refractivity contribution in [3.05, 3.63) is 34.3 Å². The number of carbonyl (C=O) groups excluding carboxylic acids is 1. The Balaban J connectivity index is 2.76. The van der Waals surface area contributed by atoms with Crippen LogP contribution in [0.15, 0.2) is 28.7 Å². The predicted octanol–water partition coefficient (Wildman–Crippen LogP) is 2.19. The molecule has 3 N–H and O–H groups in total. The largest absolute Gasteiger partial charge is 0.355 e. The van der Waals surface area contributed by atoms with Gasteiger partial charge in [-0.25, -0.2) is 0 Å². The Hall–Kier alpha value is -0.870. The third kappa shape index (κ3) is 3.82. The van der Waals surface area contributed by atoms with Crippen molar-refractivity contribution < 1.29 is 4.79 Å². The molecule has 0 unspecified atom stereocenters. The molecule has 0 saturated heterocycles. The van der Waals surface area contributed by atoms with E-state index in [-0.39, 0.29) is 5.91 Å². The van der Waals surface area contributed by atoms with E-state index in [1.165, 1.54) is 0 Å². The minimum atomic E-state index is -0.529. The van der Waals surface area contributed by atoms with Gasteiger partial charge in [0, 0.05) is 11.0 Å². The Kier molecular flexibility index (Phi) is 5.15. The van der Waals surface area contributed by atoms with Crippen LogP contribution in [0.5, 0.6) is 0 Å². The molecule has 0 aliphatic rings. The minimum Gasteiger partial charge on any atom is -0.355 e. The first-order chi connectivity index (χ1) is 7.98. The fourth-order valence-electron chi connectivity index (χ4n) is 1.53. The standard InChI is InChI=1S/C13H19BrN2O/c1-13(2,12(17)16-8-4-7-15)10-5-3-6-11(14)9-10/h3,5-6,9H,4,7-8,15H2,1-2H3,(H,16,17). The highest BCUT2D eigenvalue weighted by Crippen LogP contribution is 2.25. The average molecular weight is 299 g/mol. The van der Waals surface area contributed by atoms with Crippen LogP contribution in [0, 0.1) is 0 Å². The van der Waals surface area contributed by atoms with E-state index in [0.717, 1.165) is 16.5 Å². The first-order valence-electron chi connectivity index (χ1n) is 5.73. The summed E-state index contributed by atoms with van der Waals surface area (Å²) in [6, 6.07) is 7.83. The zero-order valence-electron chi connectivity index (χ0n) is 10.3. The second kappa shape index (κ2) is 6.17. The van der Waals surface area contributed by atoms with Crippen LogP contribution >= 0.6 is 15.9 Å². The summed E-state index contributed by atoms with van der Waals surface area (Å²) in [6.45, 7) is 5.07. The van der Waals surface area contributed by atoms with Crippen LogP contribution in [-0.2, 0) is 10.2 Å². The molecule has 0 bridgehead atoms. The molecule has 94 valence electrons. The van der Waals surface area contributed by atoms with Crippen molar-refractivity contribution in [1.29, 1.82) is 0 Å². The Labute approximate surface area is 111 Å². The van der Waals surface area contributed by atoms with E-state index in [0.29, 0.717) is 13.1 Å². The van der Waals surface area contributed by atoms with Crippen molar-refractivity contribution in [3.8, 4) is 0 Å². The Morgan fingerprint density at radius 2 is 2.18 bits per heavy atom. The molecule has 0 fully saturated rings. The fraction of sp³-hybridized carbons (Fsp3) is 0.462. The second-order valence-corrected chi connectivity index (χ2v) is 5.45. The van der Waals surface area contributed by atoms with Crippen LogP contribution in [0.1, 0.15) is 25.8 Å². The molecule has 0 aliphatic carbocycles. The van der Waals surface area contributed by atoms with Gasteiger partial charge in [0.2, 0.25) is 5.91 Å². The number of rotatable bonds is 5. The van der Waals surface area contributed by atoms with Crippen LogP contribution < -0.4 is 11.1 Å². The molecule has 0 atom stereocenters. The zero-order valence-corrected chi connectivity index (χ0v) is 11.9. The molecule has 0 heterocycles. The minimum absolute atomic E-state index is 0.0315. The molecular formula is C13H19BrN2O. The summed E-state index contributed by atoms with van der Waals surface area (Å²) in [4.78, 5) is 12.1. The summed E-state index contributed by atoms with van der Waals surface area (Å²) < 4.78 is 0.984. The van der Waals surface area contributed by atoms with Crippen molar-refractivity contribution in [2.75, 3.05) is 13.1 Å². The van der Waals surface area contributed by atoms with Gasteiger partial charge in [-0.15, -0.1) is 0 Å². The number of benzene rings is 1. The molecule has 17 heavy (non-hydrogen) atoms. The smallest absolute Gasteiger partial charge is 0.230 e. The van der Waals surface area contributed by atoms with Gasteiger partial charge in [0.05, 0.1) is 5.41 Å². The van der Waals surface area contributed by atoms with Crippen LogP contribution in [-0.4, -0.2) is 19.0 Å². The van der Waals surface area contributed by atoms with Gasteiger partial charge in [0.15, 0.2) is 0 Å². The molecular weight excluding hydrogens is 280 g/mol. The summed E-state index contributed by atoms with van der Waals surface area (Å²) in [5, 5.41) is 2.91. The lowest BCUT2D eigenvalue weighted by molar-refractivity contribution is -0.125. The maximum absolute atomic E-state index is 12.1. The number of nitrogens with one attached hydrogen (secondary N) is 1. The van der Waals surface area contributed by atoms with Gasteiger partial charge in [0.25, 0.3) is 0 Å². The van der Waals surface area contributed by atoms with Crippen molar-refractivity contribution in [3.63, 3.8) is 0 Å². The normalized spacial score (nSPS) is 11.3. The summed E-state index contributed by atoms with van der Waals surface area (Å²) in [6.07, 6.45) is 0.806.